The van der Waals surface area contributed by atoms with Crippen molar-refractivity contribution in [2.45, 2.75) is 43.1 Å². The van der Waals surface area contributed by atoms with E-state index in [1.807, 2.05) is 18.8 Å². The van der Waals surface area contributed by atoms with E-state index in [1.54, 1.807) is 18.2 Å². The molecule has 4 nitrogen and oxygen atoms in total. The fourth-order valence-corrected chi connectivity index (χ4v) is 3.82. The molecule has 0 spiro atoms. The van der Waals surface area contributed by atoms with Crippen LogP contribution < -0.4 is 5.32 Å². The van der Waals surface area contributed by atoms with Crippen molar-refractivity contribution in [2.75, 3.05) is 12.4 Å². The van der Waals surface area contributed by atoms with Gasteiger partial charge in [0.2, 0.25) is 0 Å². The lowest BCUT2D eigenvalue weighted by molar-refractivity contribution is -0.384. The highest BCUT2D eigenvalue weighted by atomic mass is 32.2. The van der Waals surface area contributed by atoms with Gasteiger partial charge < -0.3 is 5.32 Å². The highest BCUT2D eigenvalue weighted by molar-refractivity contribution is 7.99. The van der Waals surface area contributed by atoms with Crippen LogP contribution in [-0.2, 0) is 5.75 Å². The summed E-state index contributed by atoms with van der Waals surface area (Å²) in [7, 11) is 1.86. The first-order valence-electron chi connectivity index (χ1n) is 6.77. The third-order valence-electron chi connectivity index (χ3n) is 3.60. The molecule has 0 amide bonds. The normalized spacial score (nSPS) is 16.3. The van der Waals surface area contributed by atoms with E-state index in [1.165, 1.54) is 32.1 Å². The van der Waals surface area contributed by atoms with E-state index in [2.05, 4.69) is 5.32 Å². The number of nitro groups is 1. The number of nitrogens with zero attached hydrogens (tertiary/aromatic N) is 1. The molecular weight excluding hydrogens is 260 g/mol. The zero-order valence-electron chi connectivity index (χ0n) is 11.2. The lowest BCUT2D eigenvalue weighted by atomic mass is 10.0. The van der Waals surface area contributed by atoms with Gasteiger partial charge in [-0.05, 0) is 24.5 Å². The average molecular weight is 280 g/mol. The van der Waals surface area contributed by atoms with Crippen molar-refractivity contribution in [3.05, 3.63) is 33.9 Å². The van der Waals surface area contributed by atoms with Crippen molar-refractivity contribution < 1.29 is 4.92 Å². The van der Waals surface area contributed by atoms with Crippen LogP contribution in [0, 0.1) is 10.1 Å². The van der Waals surface area contributed by atoms with Crippen LogP contribution in [-0.4, -0.2) is 17.2 Å². The van der Waals surface area contributed by atoms with Gasteiger partial charge in [0.1, 0.15) is 0 Å². The number of nitro benzene ring substituents is 1. The number of nitrogens with one attached hydrogen (secondary N) is 1. The van der Waals surface area contributed by atoms with E-state index in [0.717, 1.165) is 22.3 Å². The molecule has 0 bridgehead atoms. The Kier molecular flexibility index (Phi) is 5.07. The molecule has 1 aromatic carbocycles. The second kappa shape index (κ2) is 6.80. The molecule has 1 aliphatic carbocycles. The van der Waals surface area contributed by atoms with E-state index >= 15 is 0 Å². The number of thioether (sulfide) groups is 1. The lowest BCUT2D eigenvalue weighted by Crippen LogP contribution is -2.08. The number of benzene rings is 1. The standard InChI is InChI=1S/C14H20N2O2S/c1-15-14-8-7-12(16(17)18)9-11(14)10-19-13-5-3-2-4-6-13/h7-9,13,15H,2-6,10H2,1H3. The second-order valence-corrected chi connectivity index (χ2v) is 6.21. The predicted octanol–water partition coefficient (Wildman–Crippen LogP) is 4.20. The first-order chi connectivity index (χ1) is 9.20. The fraction of sp³-hybridized carbons (Fsp3) is 0.571. The van der Waals surface area contributed by atoms with E-state index in [4.69, 9.17) is 0 Å². The van der Waals surface area contributed by atoms with E-state index in [9.17, 15) is 10.1 Å². The van der Waals surface area contributed by atoms with Gasteiger partial charge in [-0.3, -0.25) is 10.1 Å². The van der Waals surface area contributed by atoms with Crippen molar-refractivity contribution in [3.63, 3.8) is 0 Å². The van der Waals surface area contributed by atoms with Crippen LogP contribution in [0.25, 0.3) is 0 Å². The first kappa shape index (κ1) is 14.2. The van der Waals surface area contributed by atoms with Crippen LogP contribution in [0.1, 0.15) is 37.7 Å². The third kappa shape index (κ3) is 3.86. The van der Waals surface area contributed by atoms with Crippen LogP contribution >= 0.6 is 11.8 Å². The molecule has 1 saturated carbocycles. The maximum absolute atomic E-state index is 10.8. The highest BCUT2D eigenvalue weighted by Crippen LogP contribution is 2.33. The first-order valence-corrected chi connectivity index (χ1v) is 7.82. The Morgan fingerprint density at radius 1 is 1.37 bits per heavy atom. The molecule has 1 aliphatic rings. The maximum atomic E-state index is 10.8. The van der Waals surface area contributed by atoms with Crippen molar-refractivity contribution in [3.8, 4) is 0 Å². The van der Waals surface area contributed by atoms with Gasteiger partial charge in [-0.2, -0.15) is 11.8 Å². The summed E-state index contributed by atoms with van der Waals surface area (Å²) in [6.45, 7) is 0. The predicted molar refractivity (Wildman–Crippen MR) is 80.8 cm³/mol. The van der Waals surface area contributed by atoms with Gasteiger partial charge in [0.25, 0.3) is 5.69 Å². The van der Waals surface area contributed by atoms with Crippen molar-refractivity contribution >= 4 is 23.1 Å². The van der Waals surface area contributed by atoms with Gasteiger partial charge in [-0.25, -0.2) is 0 Å². The summed E-state index contributed by atoms with van der Waals surface area (Å²) in [5.74, 6) is 0.850. The van der Waals surface area contributed by atoms with Crippen LogP contribution in [0.3, 0.4) is 0 Å². The molecule has 0 aromatic heterocycles. The smallest absolute Gasteiger partial charge is 0.269 e. The molecule has 1 fully saturated rings. The molecule has 1 aromatic rings. The molecule has 0 aliphatic heterocycles. The summed E-state index contributed by atoms with van der Waals surface area (Å²) in [4.78, 5) is 10.5. The Hall–Kier alpha value is -1.23. The number of hydrogen-bond acceptors (Lipinski definition) is 4. The topological polar surface area (TPSA) is 55.2 Å². The molecule has 2 rings (SSSR count). The summed E-state index contributed by atoms with van der Waals surface area (Å²) in [6.07, 6.45) is 6.58. The average Bonchev–Trinajstić information content (AvgIpc) is 2.45. The van der Waals surface area contributed by atoms with Gasteiger partial charge in [0, 0.05) is 35.9 Å². The molecule has 19 heavy (non-hydrogen) atoms. The quantitative estimate of drug-likeness (QED) is 0.648. The Morgan fingerprint density at radius 2 is 2.11 bits per heavy atom. The zero-order chi connectivity index (χ0) is 13.7. The zero-order valence-corrected chi connectivity index (χ0v) is 12.0. The third-order valence-corrected chi connectivity index (χ3v) is 5.02. The SMILES string of the molecule is CNc1ccc([N+](=O)[O-])cc1CSC1CCCCC1. The van der Waals surface area contributed by atoms with Crippen LogP contribution in [0.15, 0.2) is 18.2 Å². The van der Waals surface area contributed by atoms with Crippen LogP contribution in [0.4, 0.5) is 11.4 Å². The van der Waals surface area contributed by atoms with Crippen molar-refractivity contribution in [1.29, 1.82) is 0 Å². The molecule has 0 unspecified atom stereocenters. The lowest BCUT2D eigenvalue weighted by Gasteiger charge is -2.21. The largest absolute Gasteiger partial charge is 0.388 e. The van der Waals surface area contributed by atoms with Crippen LogP contribution in [0.5, 0.6) is 0 Å². The minimum Gasteiger partial charge on any atom is -0.388 e. The second-order valence-electron chi connectivity index (χ2n) is 4.92. The van der Waals surface area contributed by atoms with Gasteiger partial charge in [-0.1, -0.05) is 19.3 Å². The highest BCUT2D eigenvalue weighted by Gasteiger charge is 2.16. The Labute approximate surface area is 118 Å². The monoisotopic (exact) mass is 280 g/mol. The fourth-order valence-electron chi connectivity index (χ4n) is 2.50. The summed E-state index contributed by atoms with van der Waals surface area (Å²) < 4.78 is 0. The molecule has 0 heterocycles. The van der Waals surface area contributed by atoms with Crippen LogP contribution in [0.2, 0.25) is 0 Å². The molecule has 0 saturated heterocycles. The molecule has 104 valence electrons. The molecule has 1 N–H and O–H groups in total. The van der Waals surface area contributed by atoms with E-state index < -0.39 is 0 Å². The van der Waals surface area contributed by atoms with Gasteiger partial charge in [0.15, 0.2) is 0 Å². The van der Waals surface area contributed by atoms with Gasteiger partial charge >= 0.3 is 0 Å². The number of non-ortho nitro benzene ring substituents is 1. The van der Waals surface area contributed by atoms with Crippen molar-refractivity contribution in [2.24, 2.45) is 0 Å². The molecule has 0 radical (unpaired) electrons. The number of anilines is 1. The summed E-state index contributed by atoms with van der Waals surface area (Å²) in [5, 5.41) is 14.7. The van der Waals surface area contributed by atoms with Gasteiger partial charge in [0.05, 0.1) is 4.92 Å². The molecule has 0 atom stereocenters. The minimum absolute atomic E-state index is 0.179. The minimum atomic E-state index is -0.325. The van der Waals surface area contributed by atoms with Crippen molar-refractivity contribution in [1.82, 2.24) is 0 Å². The Balaban J connectivity index is 2.04. The molecular formula is C14H20N2O2S. The number of hydrogen-bond donors (Lipinski definition) is 1. The molecule has 5 heteroatoms. The van der Waals surface area contributed by atoms with E-state index in [0.29, 0.717) is 0 Å². The maximum Gasteiger partial charge on any atom is 0.269 e. The number of rotatable bonds is 5. The summed E-state index contributed by atoms with van der Waals surface area (Å²) in [5.41, 5.74) is 2.21. The van der Waals surface area contributed by atoms with E-state index in [-0.39, 0.29) is 10.6 Å². The van der Waals surface area contributed by atoms with Gasteiger partial charge in [-0.15, -0.1) is 0 Å². The summed E-state index contributed by atoms with van der Waals surface area (Å²) in [6, 6.07) is 5.05. The Morgan fingerprint density at radius 3 is 2.74 bits per heavy atom. The summed E-state index contributed by atoms with van der Waals surface area (Å²) >= 11 is 1.94. The Bertz CT molecular complexity index is 445.